The van der Waals surface area contributed by atoms with Gasteiger partial charge in [-0.25, -0.2) is 24.2 Å². The van der Waals surface area contributed by atoms with Crippen LogP contribution in [0.1, 0.15) is 80.2 Å². The first kappa shape index (κ1) is 57.9. The van der Waals surface area contributed by atoms with Crippen LogP contribution in [0.5, 0.6) is 23.0 Å². The molecular weight excluding hydrogens is 1030 g/mol. The molecule has 4 aliphatic rings. The van der Waals surface area contributed by atoms with Crippen LogP contribution in [0.3, 0.4) is 0 Å². The first-order valence-electron chi connectivity index (χ1n) is 25.4. The third kappa shape index (κ3) is 12.8. The minimum Gasteiger partial charge on any atom is -0.493 e. The van der Waals surface area contributed by atoms with Gasteiger partial charge in [0.1, 0.15) is 25.3 Å². The smallest absolute Gasteiger partial charge is 0.416 e. The van der Waals surface area contributed by atoms with E-state index >= 15 is 0 Å². The molecule has 3 aromatic rings. The molecule has 3 aromatic carbocycles. The molecule has 0 bridgehead atoms. The van der Waals surface area contributed by atoms with Gasteiger partial charge >= 0.3 is 18.3 Å². The maximum atomic E-state index is 14.3. The SMILES string of the molecule is C=CCOC(=O)N[C@H](C(=O)N[C@@H](C)C(=O)Nc1ccc(COC(=O)N2c3cc(OCCCOc4cc5c(cc4OC)C(=O)N4C=C(/C=C/C)CC4C(O)N5C(=O)O)c(OC)cc3C(=O)N3C=C(/C=C/C)C[C@H]3[C@@H]2O)cc1)C(C)C. The lowest BCUT2D eigenvalue weighted by Crippen LogP contribution is -2.53. The van der Waals surface area contributed by atoms with Crippen LogP contribution >= 0.6 is 0 Å². The molecule has 0 saturated heterocycles. The number of allylic oxidation sites excluding steroid dienone is 4. The van der Waals surface area contributed by atoms with Crippen LogP contribution in [0, 0.1) is 5.92 Å². The Labute approximate surface area is 456 Å². The number of amides is 7. The Morgan fingerprint density at radius 2 is 1.24 bits per heavy atom. The highest BCUT2D eigenvalue weighted by molar-refractivity contribution is 6.07. The average Bonchev–Trinajstić information content (AvgIpc) is 4.28. The number of aliphatic hydroxyl groups is 2. The van der Waals surface area contributed by atoms with Crippen LogP contribution in [-0.2, 0) is 25.7 Å². The molecule has 4 heterocycles. The van der Waals surface area contributed by atoms with Crippen molar-refractivity contribution >= 4 is 59.0 Å². The summed E-state index contributed by atoms with van der Waals surface area (Å²) in [6.07, 6.45) is 5.88. The molecule has 6 atom stereocenters. The predicted molar refractivity (Wildman–Crippen MR) is 288 cm³/mol. The van der Waals surface area contributed by atoms with Gasteiger partial charge in [0.05, 0.1) is 62.0 Å². The summed E-state index contributed by atoms with van der Waals surface area (Å²) in [5.41, 5.74) is 2.18. The van der Waals surface area contributed by atoms with E-state index < -0.39 is 78.5 Å². The van der Waals surface area contributed by atoms with Gasteiger partial charge < -0.3 is 69.5 Å². The van der Waals surface area contributed by atoms with Gasteiger partial charge in [-0.15, -0.1) is 0 Å². The zero-order chi connectivity index (χ0) is 57.2. The molecule has 0 aromatic heterocycles. The Balaban J connectivity index is 1.04. The number of nitrogens with one attached hydrogen (secondary N) is 3. The minimum absolute atomic E-state index is 0.000495. The highest BCUT2D eigenvalue weighted by Gasteiger charge is 2.47. The van der Waals surface area contributed by atoms with E-state index in [2.05, 4.69) is 22.5 Å². The molecule has 420 valence electrons. The lowest BCUT2D eigenvalue weighted by atomic mass is 10.0. The summed E-state index contributed by atoms with van der Waals surface area (Å²) in [5, 5.41) is 41.5. The molecule has 23 heteroatoms. The summed E-state index contributed by atoms with van der Waals surface area (Å²) >= 11 is 0. The minimum atomic E-state index is -1.61. The van der Waals surface area contributed by atoms with Crippen molar-refractivity contribution in [2.24, 2.45) is 5.92 Å². The van der Waals surface area contributed by atoms with E-state index in [9.17, 15) is 48.9 Å². The first-order chi connectivity index (χ1) is 37.8. The van der Waals surface area contributed by atoms with E-state index in [1.54, 1.807) is 74.8 Å². The molecule has 6 N–H and O–H groups in total. The van der Waals surface area contributed by atoms with Crippen LogP contribution in [0.2, 0.25) is 0 Å². The van der Waals surface area contributed by atoms with Crippen molar-refractivity contribution in [2.75, 3.05) is 49.2 Å². The summed E-state index contributed by atoms with van der Waals surface area (Å²) < 4.78 is 34.2. The highest BCUT2D eigenvalue weighted by atomic mass is 16.6. The van der Waals surface area contributed by atoms with Gasteiger partial charge in [0, 0.05) is 36.6 Å². The van der Waals surface area contributed by atoms with Crippen LogP contribution in [-0.4, -0.2) is 138 Å². The molecule has 79 heavy (non-hydrogen) atoms. The second-order valence-corrected chi connectivity index (χ2v) is 19.0. The van der Waals surface area contributed by atoms with E-state index in [1.165, 1.54) is 61.3 Å². The maximum absolute atomic E-state index is 14.3. The van der Waals surface area contributed by atoms with Crippen LogP contribution < -0.4 is 44.7 Å². The number of alkyl carbamates (subject to hydrolysis) is 1. The molecule has 0 spiro atoms. The van der Waals surface area contributed by atoms with Gasteiger partial charge in [0.2, 0.25) is 11.8 Å². The van der Waals surface area contributed by atoms with Crippen molar-refractivity contribution in [2.45, 2.75) is 97.1 Å². The van der Waals surface area contributed by atoms with Crippen molar-refractivity contribution in [3.63, 3.8) is 0 Å². The van der Waals surface area contributed by atoms with E-state index in [4.69, 9.17) is 28.4 Å². The Bertz CT molecular complexity index is 2970. The maximum Gasteiger partial charge on any atom is 0.416 e. The van der Waals surface area contributed by atoms with Crippen LogP contribution in [0.4, 0.5) is 31.4 Å². The van der Waals surface area contributed by atoms with Gasteiger partial charge in [-0.2, -0.15) is 0 Å². The third-order valence-corrected chi connectivity index (χ3v) is 13.3. The molecule has 23 nitrogen and oxygen atoms in total. The van der Waals surface area contributed by atoms with Crippen LogP contribution in [0.25, 0.3) is 0 Å². The number of nitrogens with zero attached hydrogens (tertiary/aromatic N) is 4. The third-order valence-electron chi connectivity index (χ3n) is 13.3. The number of rotatable bonds is 20. The average molecular weight is 1090 g/mol. The number of ether oxygens (including phenoxy) is 6. The molecule has 2 unspecified atom stereocenters. The van der Waals surface area contributed by atoms with Gasteiger partial charge in [-0.3, -0.25) is 19.2 Å². The zero-order valence-corrected chi connectivity index (χ0v) is 44.8. The molecule has 0 radical (unpaired) electrons. The second kappa shape index (κ2) is 25.5. The van der Waals surface area contributed by atoms with E-state index in [0.717, 1.165) is 20.9 Å². The molecule has 4 aliphatic heterocycles. The van der Waals surface area contributed by atoms with Crippen molar-refractivity contribution in [3.8, 4) is 23.0 Å². The van der Waals surface area contributed by atoms with Crippen molar-refractivity contribution in [1.29, 1.82) is 0 Å². The van der Waals surface area contributed by atoms with Gasteiger partial charge in [-0.1, -0.05) is 62.9 Å². The van der Waals surface area contributed by atoms with E-state index in [1.807, 2.05) is 13.8 Å². The van der Waals surface area contributed by atoms with Crippen molar-refractivity contribution in [1.82, 2.24) is 20.4 Å². The molecule has 0 saturated carbocycles. The Kier molecular flexibility index (Phi) is 18.7. The van der Waals surface area contributed by atoms with Gasteiger partial charge in [0.25, 0.3) is 11.8 Å². The van der Waals surface area contributed by atoms with Crippen molar-refractivity contribution in [3.05, 3.63) is 126 Å². The fourth-order valence-electron chi connectivity index (χ4n) is 9.39. The molecule has 7 amide bonds. The summed E-state index contributed by atoms with van der Waals surface area (Å²) in [6.45, 7) is 11.6. The summed E-state index contributed by atoms with van der Waals surface area (Å²) in [6, 6.07) is 8.06. The van der Waals surface area contributed by atoms with E-state index in [-0.39, 0.29) is 97.1 Å². The number of anilines is 3. The number of hydrogen-bond acceptors (Lipinski definition) is 15. The standard InChI is InChI=1S/C56H65N7O16/c1-9-13-34-22-41-52(68)62(55(71)72)39-26-45(43(74-7)24-37(39)50(66)60(41)28-34)76-20-12-21-77-46-27-40-38(25-44(46)75-8)51(67)61-29-35(14-10-2)23-42(61)53(69)63(40)56(73)79-30-33-15-17-36(18-16-33)58-48(64)32(6)57-49(65)47(31(4)5)59-54(70)78-19-11-3/h9-11,13-18,24-29,31-32,41-42,47,52-53,68-69H,3,12,19-23,30H2,1-2,4-8H3,(H,57,65)(H,58,64)(H,59,70)(H,71,72)/b13-9+,14-10+/t32-,41?,42-,47-,52?,53-/m0/s1. The summed E-state index contributed by atoms with van der Waals surface area (Å²) in [7, 11) is 2.74. The number of fused-ring (bicyclic) bond motifs is 4. The number of benzene rings is 3. The predicted octanol–water partition coefficient (Wildman–Crippen LogP) is 6.57. The fraction of sp³-hybridized carbons (Fsp3) is 0.375. The Hall–Kier alpha value is -8.83. The number of carboxylic acid groups (broad SMARTS) is 1. The number of carbonyl (C=O) groups is 7. The zero-order valence-electron chi connectivity index (χ0n) is 44.8. The molecule has 7 rings (SSSR count). The first-order valence-corrected chi connectivity index (χ1v) is 25.4. The number of hydrogen-bond donors (Lipinski definition) is 6. The number of methoxy groups -OCH3 is 2. The highest BCUT2D eigenvalue weighted by Crippen LogP contribution is 2.44. The fourth-order valence-corrected chi connectivity index (χ4v) is 9.39. The number of aliphatic hydroxyl groups excluding tert-OH is 2. The van der Waals surface area contributed by atoms with E-state index in [0.29, 0.717) is 11.3 Å². The molecule has 0 fully saturated rings. The Morgan fingerprint density at radius 3 is 1.72 bits per heavy atom. The largest absolute Gasteiger partial charge is 0.493 e. The topological polar surface area (TPSA) is 285 Å². The lowest BCUT2D eigenvalue weighted by molar-refractivity contribution is -0.128. The lowest BCUT2D eigenvalue weighted by Gasteiger charge is -2.31. The second-order valence-electron chi connectivity index (χ2n) is 19.0. The monoisotopic (exact) mass is 1090 g/mol. The van der Waals surface area contributed by atoms with Crippen molar-refractivity contribution < 1.29 is 77.3 Å². The summed E-state index contributed by atoms with van der Waals surface area (Å²) in [4.78, 5) is 97.8. The molecule has 0 aliphatic carbocycles. The molecular formula is C56H65N7O16. The van der Waals surface area contributed by atoms with Gasteiger partial charge in [0.15, 0.2) is 35.5 Å². The van der Waals surface area contributed by atoms with Crippen LogP contribution in [0.15, 0.2) is 109 Å². The number of carbonyl (C=O) groups excluding carboxylic acids is 6. The van der Waals surface area contributed by atoms with Gasteiger partial charge in [-0.05, 0) is 80.5 Å². The Morgan fingerprint density at radius 1 is 0.722 bits per heavy atom. The quantitative estimate of drug-likeness (QED) is 0.0515. The normalized spacial score (nSPS) is 19.2. The summed E-state index contributed by atoms with van der Waals surface area (Å²) in [5.74, 6) is -2.09.